The Balaban J connectivity index is 0. The second kappa shape index (κ2) is 9.46. The summed E-state index contributed by atoms with van der Waals surface area (Å²) in [6.45, 7) is 3.21. The summed E-state index contributed by atoms with van der Waals surface area (Å²) >= 11 is 0. The highest BCUT2D eigenvalue weighted by molar-refractivity contribution is 5.53. The van der Waals surface area contributed by atoms with Gasteiger partial charge in [-0.1, -0.05) is 0 Å². The Morgan fingerprint density at radius 2 is 1.73 bits per heavy atom. The van der Waals surface area contributed by atoms with Crippen molar-refractivity contribution in [1.82, 2.24) is 0 Å². The second-order valence-corrected chi connectivity index (χ2v) is 2.03. The molecule has 0 amide bonds. The zero-order chi connectivity index (χ0) is 12.3. The van der Waals surface area contributed by atoms with Crippen LogP contribution in [0.4, 0.5) is 22.7 Å². The molecule has 92 valence electrons. The van der Waals surface area contributed by atoms with E-state index < -0.39 is 11.5 Å². The van der Waals surface area contributed by atoms with E-state index in [1.807, 2.05) is 6.92 Å². The third kappa shape index (κ3) is 44.0. The largest absolute Gasteiger partial charge is 0.550 e. The summed E-state index contributed by atoms with van der Waals surface area (Å²) in [6, 6.07) is 0. The molecule has 5 nitrogen and oxygen atoms in total. The van der Waals surface area contributed by atoms with Crippen molar-refractivity contribution in [1.29, 1.82) is 0 Å². The van der Waals surface area contributed by atoms with Crippen molar-refractivity contribution >= 4 is 6.16 Å². The van der Waals surface area contributed by atoms with Crippen molar-refractivity contribution in [3.8, 4) is 0 Å². The molecule has 0 unspecified atom stereocenters. The molecule has 0 aliphatic carbocycles. The number of hydrogen-bond donors (Lipinski definition) is 0. The fourth-order valence-electron chi connectivity index (χ4n) is 0.461. The van der Waals surface area contributed by atoms with Crippen LogP contribution in [0, 0.1) is 0 Å². The summed E-state index contributed by atoms with van der Waals surface area (Å²) in [4.78, 5) is 9.66. The molecule has 15 heavy (non-hydrogen) atoms. The van der Waals surface area contributed by atoms with E-state index in [-0.39, 0.29) is 6.61 Å². The van der Waals surface area contributed by atoms with Crippen LogP contribution in [0.2, 0.25) is 0 Å². The summed E-state index contributed by atoms with van der Waals surface area (Å²) < 4.78 is 47.5. The number of rotatable bonds is 5. The molecule has 0 aliphatic rings. The smallest absolute Gasteiger partial charge is 0.440 e. The van der Waals surface area contributed by atoms with Gasteiger partial charge in [-0.2, -0.15) is 0 Å². The minimum absolute atomic E-state index is 0.155. The molecule has 0 bridgehead atoms. The Hall–Kier alpha value is -1.09. The van der Waals surface area contributed by atoms with Gasteiger partial charge in [-0.3, -0.25) is 0 Å². The highest BCUT2D eigenvalue weighted by Crippen LogP contribution is 2.08. The molecular formula is C6H11F4NO4. The van der Waals surface area contributed by atoms with Gasteiger partial charge >= 0.3 is 5.37 Å². The number of carboxylic acid groups (broad SMARTS) is 1. The van der Waals surface area contributed by atoms with E-state index in [4.69, 9.17) is 4.74 Å². The number of halogens is 4. The lowest BCUT2D eigenvalue weighted by Crippen LogP contribution is -2.24. The number of nitrogens with zero attached hydrogens (tertiary/aromatic N) is 1. The maximum atomic E-state index is 9.66. The summed E-state index contributed by atoms with van der Waals surface area (Å²) in [7, 11) is 0. The van der Waals surface area contributed by atoms with Crippen LogP contribution in [0.3, 0.4) is 0 Å². The quantitative estimate of drug-likeness (QED) is 0.311. The fourth-order valence-corrected chi connectivity index (χ4v) is 0.461. The lowest BCUT2D eigenvalue weighted by Gasteiger charge is -2.06. The number of hydrogen-bond acceptors (Lipinski definition) is 4. The summed E-state index contributed by atoms with van der Waals surface area (Å²) in [5.41, 5.74) is 0. The molecule has 0 atom stereocenters. The van der Waals surface area contributed by atoms with Crippen LogP contribution >= 0.6 is 0 Å². The SMILES string of the molecule is CCOCCCOC(=O)[O-].F[N+](F)(F)F. The van der Waals surface area contributed by atoms with Gasteiger partial charge in [0.1, 0.15) is 17.9 Å². The lowest BCUT2D eigenvalue weighted by atomic mass is 10.5. The molecule has 0 radical (unpaired) electrons. The fraction of sp³-hybridized carbons (Fsp3) is 0.833. The second-order valence-electron chi connectivity index (χ2n) is 2.03. The minimum atomic E-state index is -5.00. The van der Waals surface area contributed by atoms with Crippen molar-refractivity contribution in [3.05, 3.63) is 0 Å². The molecular weight excluding hydrogens is 226 g/mol. The number of carbonyl (C=O) groups excluding carboxylic acids is 1. The van der Waals surface area contributed by atoms with E-state index in [1.165, 1.54) is 0 Å². The molecule has 0 saturated heterocycles. The molecule has 0 aromatic rings. The van der Waals surface area contributed by atoms with Crippen LogP contribution in [0.15, 0.2) is 0 Å². The first-order valence-electron chi connectivity index (χ1n) is 3.86. The third-order valence-electron chi connectivity index (χ3n) is 0.857. The highest BCUT2D eigenvalue weighted by atomic mass is 19.7. The topological polar surface area (TPSA) is 58.6 Å². The Morgan fingerprint density at radius 1 is 1.27 bits per heavy atom. The number of ether oxygens (including phenoxy) is 2. The first kappa shape index (κ1) is 16.3. The predicted molar refractivity (Wildman–Crippen MR) is 37.2 cm³/mol. The van der Waals surface area contributed by atoms with Gasteiger partial charge in [-0.15, -0.1) is 0 Å². The van der Waals surface area contributed by atoms with Gasteiger partial charge in [-0.25, -0.2) is 0 Å². The molecule has 0 saturated carbocycles. The molecule has 0 aromatic heterocycles. The van der Waals surface area contributed by atoms with Crippen LogP contribution in [0.25, 0.3) is 0 Å². The monoisotopic (exact) mass is 237 g/mol. The van der Waals surface area contributed by atoms with Gasteiger partial charge in [0.2, 0.25) is 0 Å². The normalized spacial score (nSPS) is 10.2. The van der Waals surface area contributed by atoms with E-state index in [9.17, 15) is 27.8 Å². The van der Waals surface area contributed by atoms with Gasteiger partial charge in [0.15, 0.2) is 0 Å². The van der Waals surface area contributed by atoms with Gasteiger partial charge in [-0.05, 0) is 13.3 Å². The van der Waals surface area contributed by atoms with Crippen LogP contribution in [0.1, 0.15) is 13.3 Å². The summed E-state index contributed by atoms with van der Waals surface area (Å²) in [5.74, 6) is 0. The molecule has 0 aromatic carbocycles. The van der Waals surface area contributed by atoms with E-state index in [0.717, 1.165) is 0 Å². The van der Waals surface area contributed by atoms with Crippen LogP contribution in [0.5, 0.6) is 0 Å². The highest BCUT2D eigenvalue weighted by Gasteiger charge is 2.30. The van der Waals surface area contributed by atoms with E-state index in [1.54, 1.807) is 0 Å². The zero-order valence-corrected chi connectivity index (χ0v) is 7.92. The predicted octanol–water partition coefficient (Wildman–Crippen LogP) is 1.11. The van der Waals surface area contributed by atoms with E-state index >= 15 is 0 Å². The minimum Gasteiger partial charge on any atom is -0.550 e. The summed E-state index contributed by atoms with van der Waals surface area (Å²) in [6.07, 6.45) is -0.890. The van der Waals surface area contributed by atoms with Crippen LogP contribution in [-0.2, 0) is 9.47 Å². The number of quaternary nitrogens is 1. The molecule has 9 heteroatoms. The maximum absolute atomic E-state index is 9.66. The van der Waals surface area contributed by atoms with Crippen molar-refractivity contribution in [3.63, 3.8) is 0 Å². The third-order valence-corrected chi connectivity index (χ3v) is 0.857. The first-order chi connectivity index (χ1) is 6.77. The summed E-state index contributed by atoms with van der Waals surface area (Å²) in [5, 5.41) is 4.66. The average Bonchev–Trinajstić information content (AvgIpc) is 2.00. The van der Waals surface area contributed by atoms with E-state index in [0.29, 0.717) is 19.6 Å². The van der Waals surface area contributed by atoms with Gasteiger partial charge in [0.05, 0.1) is 0 Å². The molecule has 0 rings (SSSR count). The molecule has 0 fully saturated rings. The molecule has 0 spiro atoms. The standard InChI is InChI=1S/C6H12O4.F4N/c1-2-9-4-3-5-10-6(7)8;1-5(2,3)4/h2-5H2,1H3,(H,7,8);/q;+1/p-1. The molecule has 0 aliphatic heterocycles. The van der Waals surface area contributed by atoms with Gasteiger partial charge in [0.25, 0.3) is 6.16 Å². The Morgan fingerprint density at radius 3 is 2.07 bits per heavy atom. The van der Waals surface area contributed by atoms with Gasteiger partial charge < -0.3 is 19.4 Å². The first-order valence-corrected chi connectivity index (χ1v) is 3.86. The van der Waals surface area contributed by atoms with E-state index in [2.05, 4.69) is 4.74 Å². The molecule has 0 heterocycles. The number of carbonyl (C=O) groups is 1. The van der Waals surface area contributed by atoms with Crippen molar-refractivity contribution < 1.29 is 42.7 Å². The average molecular weight is 237 g/mol. The van der Waals surface area contributed by atoms with Gasteiger partial charge in [0, 0.05) is 19.8 Å². The lowest BCUT2D eigenvalue weighted by molar-refractivity contribution is -1.36. The molecule has 0 N–H and O–H groups in total. The van der Waals surface area contributed by atoms with Crippen molar-refractivity contribution in [2.75, 3.05) is 19.8 Å². The Labute approximate surface area is 83.1 Å². The Bertz CT molecular complexity index is 158. The zero-order valence-electron chi connectivity index (χ0n) is 7.92. The van der Waals surface area contributed by atoms with Crippen LogP contribution in [-0.4, -0.2) is 31.3 Å². The van der Waals surface area contributed by atoms with Crippen molar-refractivity contribution in [2.45, 2.75) is 13.3 Å². The van der Waals surface area contributed by atoms with Crippen molar-refractivity contribution in [2.24, 2.45) is 0 Å². The van der Waals surface area contributed by atoms with Crippen LogP contribution < -0.4 is 5.11 Å². The maximum Gasteiger partial charge on any atom is 0.440 e. The Kier molecular flexibility index (Phi) is 10.3.